The minimum Gasteiger partial charge on any atom is -0.350 e. The molecule has 0 aromatic heterocycles. The average Bonchev–Trinajstić information content (AvgIpc) is 3.53. The van der Waals surface area contributed by atoms with E-state index in [9.17, 15) is 14.4 Å². The largest absolute Gasteiger partial charge is 0.350 e. The first-order chi connectivity index (χ1) is 14.0. The van der Waals surface area contributed by atoms with E-state index in [-0.39, 0.29) is 11.8 Å². The summed E-state index contributed by atoms with van der Waals surface area (Å²) in [5.74, 6) is -1.01. The number of nitrogens with one attached hydrogen (secondary N) is 2. The second-order valence-corrected chi connectivity index (χ2v) is 7.16. The summed E-state index contributed by atoms with van der Waals surface area (Å²) in [6.45, 7) is 0.365. The third-order valence-electron chi connectivity index (χ3n) is 4.66. The van der Waals surface area contributed by atoms with Crippen molar-refractivity contribution in [1.82, 2.24) is 15.5 Å². The predicted molar refractivity (Wildman–Crippen MR) is 108 cm³/mol. The van der Waals surface area contributed by atoms with Crippen LogP contribution in [0.3, 0.4) is 0 Å². The van der Waals surface area contributed by atoms with Crippen molar-refractivity contribution in [1.29, 1.82) is 0 Å². The molecule has 2 aromatic rings. The Balaban J connectivity index is 1.54. The second kappa shape index (κ2) is 9.34. The van der Waals surface area contributed by atoms with Crippen LogP contribution >= 0.6 is 0 Å². The van der Waals surface area contributed by atoms with Crippen molar-refractivity contribution in [2.24, 2.45) is 0 Å². The van der Waals surface area contributed by atoms with Crippen molar-refractivity contribution in [2.45, 2.75) is 31.2 Å². The summed E-state index contributed by atoms with van der Waals surface area (Å²) in [7, 11) is 3.28. The van der Waals surface area contributed by atoms with Crippen molar-refractivity contribution < 1.29 is 19.1 Å². The molecule has 1 aliphatic heterocycles. The van der Waals surface area contributed by atoms with Gasteiger partial charge in [-0.25, -0.2) is 0 Å². The van der Waals surface area contributed by atoms with E-state index in [1.54, 1.807) is 14.1 Å². The van der Waals surface area contributed by atoms with Crippen LogP contribution in [0.15, 0.2) is 60.7 Å². The number of hydrogen-bond donors (Lipinski definition) is 2. The molecule has 0 unspecified atom stereocenters. The van der Waals surface area contributed by atoms with Crippen LogP contribution in [0.4, 0.5) is 0 Å². The highest BCUT2D eigenvalue weighted by Gasteiger charge is 2.50. The molecule has 3 atom stereocenters. The van der Waals surface area contributed by atoms with Gasteiger partial charge >= 0.3 is 0 Å². The molecule has 2 N–H and O–H groups in total. The van der Waals surface area contributed by atoms with Crippen molar-refractivity contribution in [3.8, 4) is 0 Å². The molecule has 3 rings (SSSR count). The number of nitrogens with zero attached hydrogens (tertiary/aromatic N) is 1. The summed E-state index contributed by atoms with van der Waals surface area (Å²) >= 11 is 0. The average molecular weight is 395 g/mol. The molecule has 1 aliphatic rings. The van der Waals surface area contributed by atoms with Gasteiger partial charge < -0.3 is 20.3 Å². The maximum absolute atomic E-state index is 12.5. The molecule has 0 spiro atoms. The lowest BCUT2D eigenvalue weighted by Gasteiger charge is -2.21. The van der Waals surface area contributed by atoms with E-state index in [0.717, 1.165) is 11.1 Å². The Hall–Kier alpha value is -3.19. The highest BCUT2D eigenvalue weighted by molar-refractivity contribution is 5.97. The van der Waals surface area contributed by atoms with Gasteiger partial charge in [0, 0.05) is 27.1 Å². The molecular formula is C22H25N3O4. The van der Waals surface area contributed by atoms with Gasteiger partial charge in [-0.15, -0.1) is 0 Å². The van der Waals surface area contributed by atoms with Gasteiger partial charge in [-0.2, -0.15) is 0 Å². The second-order valence-electron chi connectivity index (χ2n) is 7.16. The van der Waals surface area contributed by atoms with Gasteiger partial charge in [-0.3, -0.25) is 14.4 Å². The fraction of sp³-hybridized carbons (Fsp3) is 0.318. The van der Waals surface area contributed by atoms with Gasteiger partial charge in [0.15, 0.2) is 12.2 Å². The van der Waals surface area contributed by atoms with E-state index in [4.69, 9.17) is 4.74 Å². The molecule has 2 aromatic carbocycles. The highest BCUT2D eigenvalue weighted by atomic mass is 16.6. The van der Waals surface area contributed by atoms with E-state index in [2.05, 4.69) is 10.6 Å². The van der Waals surface area contributed by atoms with Crippen LogP contribution in [0.5, 0.6) is 0 Å². The number of hydrogen-bond acceptors (Lipinski definition) is 4. The molecule has 3 amide bonds. The monoisotopic (exact) mass is 395 g/mol. The number of rotatable bonds is 8. The topological polar surface area (TPSA) is 91.0 Å². The maximum Gasteiger partial charge on any atom is 0.253 e. The number of ether oxygens (including phenoxy) is 1. The fourth-order valence-corrected chi connectivity index (χ4v) is 3.01. The summed E-state index contributed by atoms with van der Waals surface area (Å²) in [5, 5.41) is 5.49. The summed E-state index contributed by atoms with van der Waals surface area (Å²) in [6.07, 6.45) is -1.34. The van der Waals surface area contributed by atoms with Crippen molar-refractivity contribution in [3.05, 3.63) is 71.8 Å². The van der Waals surface area contributed by atoms with E-state index in [1.165, 1.54) is 4.90 Å². The third-order valence-corrected chi connectivity index (χ3v) is 4.66. The lowest BCUT2D eigenvalue weighted by molar-refractivity contribution is -0.134. The SMILES string of the molecule is CN(C)C(=O)[C@H](Cc1ccccc1)NC(=O)[C@H]1O[C@@H]1C(=O)NCc1ccccc1. The quantitative estimate of drug-likeness (QED) is 0.650. The summed E-state index contributed by atoms with van der Waals surface area (Å²) in [6, 6.07) is 18.2. The van der Waals surface area contributed by atoms with Crippen LogP contribution in [0, 0.1) is 0 Å². The number of carbonyl (C=O) groups excluding carboxylic acids is 3. The Morgan fingerprint density at radius 3 is 2.03 bits per heavy atom. The van der Waals surface area contributed by atoms with Crippen LogP contribution in [0.2, 0.25) is 0 Å². The Labute approximate surface area is 170 Å². The van der Waals surface area contributed by atoms with Gasteiger partial charge in [0.2, 0.25) is 5.91 Å². The Morgan fingerprint density at radius 1 is 0.897 bits per heavy atom. The molecule has 1 heterocycles. The molecule has 0 aliphatic carbocycles. The molecule has 1 fully saturated rings. The van der Waals surface area contributed by atoms with Gasteiger partial charge in [-0.05, 0) is 11.1 Å². The predicted octanol–water partition coefficient (Wildman–Crippen LogP) is 0.886. The zero-order chi connectivity index (χ0) is 20.8. The standard InChI is InChI=1S/C22H25N3O4/c1-25(2)22(28)17(13-15-9-5-3-6-10-15)24-21(27)19-18(29-19)20(26)23-14-16-11-7-4-8-12-16/h3-12,17-19H,13-14H2,1-2H3,(H,23,26)(H,24,27)/t17-,18-,19-/m0/s1. The summed E-state index contributed by atoms with van der Waals surface area (Å²) in [4.78, 5) is 38.7. The Morgan fingerprint density at radius 2 is 1.45 bits per heavy atom. The lowest BCUT2D eigenvalue weighted by atomic mass is 10.0. The first-order valence-corrected chi connectivity index (χ1v) is 9.48. The lowest BCUT2D eigenvalue weighted by Crippen LogP contribution is -2.49. The minimum atomic E-state index is -0.876. The molecular weight excluding hydrogens is 370 g/mol. The number of epoxide rings is 1. The zero-order valence-electron chi connectivity index (χ0n) is 16.5. The number of benzene rings is 2. The number of likely N-dealkylation sites (N-methyl/N-ethyl adjacent to an activating group) is 1. The zero-order valence-corrected chi connectivity index (χ0v) is 16.5. The normalized spacial score (nSPS) is 18.4. The van der Waals surface area contributed by atoms with E-state index in [0.29, 0.717) is 13.0 Å². The minimum absolute atomic E-state index is 0.215. The van der Waals surface area contributed by atoms with E-state index in [1.807, 2.05) is 60.7 Å². The first kappa shape index (κ1) is 20.5. The van der Waals surface area contributed by atoms with Gasteiger partial charge in [0.05, 0.1) is 0 Å². The van der Waals surface area contributed by atoms with Crippen molar-refractivity contribution >= 4 is 17.7 Å². The smallest absolute Gasteiger partial charge is 0.253 e. The molecule has 152 valence electrons. The van der Waals surface area contributed by atoms with Gasteiger partial charge in [-0.1, -0.05) is 60.7 Å². The van der Waals surface area contributed by atoms with Gasteiger partial charge in [0.1, 0.15) is 6.04 Å². The summed E-state index contributed by atoms with van der Waals surface area (Å²) < 4.78 is 5.27. The molecule has 0 radical (unpaired) electrons. The molecule has 1 saturated heterocycles. The van der Waals surface area contributed by atoms with Crippen molar-refractivity contribution in [3.63, 3.8) is 0 Å². The van der Waals surface area contributed by atoms with Crippen LogP contribution in [-0.2, 0) is 32.1 Å². The Kier molecular flexibility index (Phi) is 6.61. The maximum atomic E-state index is 12.5. The molecule has 7 heteroatoms. The van der Waals surface area contributed by atoms with Crippen LogP contribution < -0.4 is 10.6 Å². The third kappa shape index (κ3) is 5.65. The highest BCUT2D eigenvalue weighted by Crippen LogP contribution is 2.23. The molecule has 29 heavy (non-hydrogen) atoms. The Bertz CT molecular complexity index is 855. The van der Waals surface area contributed by atoms with Crippen LogP contribution in [-0.4, -0.2) is 55.0 Å². The molecule has 0 bridgehead atoms. The van der Waals surface area contributed by atoms with Crippen LogP contribution in [0.1, 0.15) is 11.1 Å². The number of carbonyl (C=O) groups is 3. The first-order valence-electron chi connectivity index (χ1n) is 9.48. The van der Waals surface area contributed by atoms with Gasteiger partial charge in [0.25, 0.3) is 11.8 Å². The molecule has 7 nitrogen and oxygen atoms in total. The molecule has 0 saturated carbocycles. The van der Waals surface area contributed by atoms with E-state index >= 15 is 0 Å². The van der Waals surface area contributed by atoms with Crippen molar-refractivity contribution in [2.75, 3.05) is 14.1 Å². The number of amides is 3. The fourth-order valence-electron chi connectivity index (χ4n) is 3.01. The summed E-state index contributed by atoms with van der Waals surface area (Å²) in [5.41, 5.74) is 1.89. The van der Waals surface area contributed by atoms with E-state index < -0.39 is 24.2 Å². The van der Waals surface area contributed by atoms with Crippen LogP contribution in [0.25, 0.3) is 0 Å².